The van der Waals surface area contributed by atoms with Crippen molar-refractivity contribution in [3.8, 4) is 0 Å². The van der Waals surface area contributed by atoms with Gasteiger partial charge >= 0.3 is 11.9 Å². The van der Waals surface area contributed by atoms with Crippen molar-refractivity contribution >= 4 is 11.9 Å². The van der Waals surface area contributed by atoms with Gasteiger partial charge in [0.1, 0.15) is 12.7 Å². The maximum Gasteiger partial charge on any atom is 0.306 e. The lowest BCUT2D eigenvalue weighted by Crippen LogP contribution is -2.35. The lowest BCUT2D eigenvalue weighted by atomic mass is 10.1. The smallest absolute Gasteiger partial charge is 0.306 e. The van der Waals surface area contributed by atoms with Crippen LogP contribution in [0, 0.1) is 0 Å². The fraction of sp³-hybridized carbons (Fsp3) is 0.762. The molecule has 5 nitrogen and oxygen atoms in total. The largest absolute Gasteiger partial charge is 0.463 e. The summed E-state index contributed by atoms with van der Waals surface area (Å²) in [4.78, 5) is 24.6. The molecule has 0 spiro atoms. The van der Waals surface area contributed by atoms with Crippen LogP contribution in [0.2, 0.25) is 0 Å². The number of esters is 2. The molecule has 0 saturated carbocycles. The number of carbonyl (C=O) groups excluding carboxylic acids is 2. The topological polar surface area (TPSA) is 61.8 Å². The monoisotopic (exact) mass is 657 g/mol. The Bertz CT molecular complexity index is 842. The average Bonchev–Trinajstić information content (AvgIpc) is 3.07. The average molecular weight is 657 g/mol. The van der Waals surface area contributed by atoms with Gasteiger partial charge in [0.25, 0.3) is 0 Å². The van der Waals surface area contributed by atoms with Crippen LogP contribution in [0.25, 0.3) is 0 Å². The normalized spacial score (nSPS) is 17.1. The molecule has 1 aliphatic rings. The van der Waals surface area contributed by atoms with E-state index in [1.165, 1.54) is 83.5 Å². The molecule has 0 bridgehead atoms. The van der Waals surface area contributed by atoms with Gasteiger partial charge in [-0.15, -0.1) is 0 Å². The molecular formula is C42H72O5. The number of hydrogen-bond acceptors (Lipinski definition) is 5. The summed E-state index contributed by atoms with van der Waals surface area (Å²) in [6.45, 7) is 5.27. The first kappa shape index (κ1) is 42.9. The summed E-state index contributed by atoms with van der Waals surface area (Å²) >= 11 is 0. The summed E-state index contributed by atoms with van der Waals surface area (Å²) in [5.74, 6) is -0.264. The highest BCUT2D eigenvalue weighted by Crippen LogP contribution is 2.19. The van der Waals surface area contributed by atoms with Crippen LogP contribution in [0.1, 0.15) is 181 Å². The minimum atomic E-state index is -0.189. The number of rotatable bonds is 31. The molecule has 0 aromatic heterocycles. The lowest BCUT2D eigenvalue weighted by Gasteiger charge is -2.29. The van der Waals surface area contributed by atoms with Crippen LogP contribution < -0.4 is 0 Å². The highest BCUT2D eigenvalue weighted by molar-refractivity contribution is 5.69. The molecule has 270 valence electrons. The van der Waals surface area contributed by atoms with E-state index in [9.17, 15) is 9.59 Å². The third kappa shape index (κ3) is 29.7. The molecule has 0 radical (unpaired) electrons. The van der Waals surface area contributed by atoms with E-state index in [1.54, 1.807) is 0 Å². The van der Waals surface area contributed by atoms with E-state index in [2.05, 4.69) is 62.5 Å². The molecular weight excluding hydrogens is 584 g/mol. The Kier molecular flexibility index (Phi) is 30.8. The zero-order chi connectivity index (χ0) is 33.9. The van der Waals surface area contributed by atoms with Gasteiger partial charge in [0, 0.05) is 25.7 Å². The number of carbonyl (C=O) groups is 2. The van der Waals surface area contributed by atoms with Gasteiger partial charge in [0.2, 0.25) is 0 Å². The quantitative estimate of drug-likeness (QED) is 0.0422. The third-order valence-electron chi connectivity index (χ3n) is 8.71. The Morgan fingerprint density at radius 1 is 0.574 bits per heavy atom. The van der Waals surface area contributed by atoms with E-state index in [0.717, 1.165) is 57.8 Å². The first-order valence-electron chi connectivity index (χ1n) is 19.7. The molecule has 5 heteroatoms. The number of allylic oxidation sites excluding steroid dienone is 8. The van der Waals surface area contributed by atoms with Gasteiger partial charge in [0.05, 0.1) is 12.7 Å². The van der Waals surface area contributed by atoms with Crippen LogP contribution in [0.4, 0.5) is 0 Å². The van der Waals surface area contributed by atoms with Crippen LogP contribution >= 0.6 is 0 Å². The number of hydrogen-bond donors (Lipinski definition) is 0. The second kappa shape index (κ2) is 33.7. The van der Waals surface area contributed by atoms with Crippen LogP contribution in [0.3, 0.4) is 0 Å². The second-order valence-electron chi connectivity index (χ2n) is 13.3. The second-order valence-corrected chi connectivity index (χ2v) is 13.3. The van der Waals surface area contributed by atoms with Crippen molar-refractivity contribution in [3.05, 3.63) is 48.6 Å². The van der Waals surface area contributed by atoms with Crippen LogP contribution in [0.15, 0.2) is 48.6 Å². The standard InChI is InChI=1S/C42H72O5/c1-3-5-7-9-11-13-15-17-19-21-23-25-27-29-31-33-41(43)46-38-40-37-39(35-36-45-40)47-42(44)34-32-30-28-26-24-22-20-18-16-14-12-10-8-6-4-2/h11-14,17-20,39-40H,3-10,15-16,21-38H2,1-2H3/b13-11-,14-12-,19-17-,20-18-/t39-,40+/m1/s1. The van der Waals surface area contributed by atoms with E-state index >= 15 is 0 Å². The first-order valence-corrected chi connectivity index (χ1v) is 19.7. The number of unbranched alkanes of at least 4 members (excludes halogenated alkanes) is 16. The van der Waals surface area contributed by atoms with E-state index in [0.29, 0.717) is 32.3 Å². The van der Waals surface area contributed by atoms with Gasteiger partial charge in [-0.2, -0.15) is 0 Å². The third-order valence-corrected chi connectivity index (χ3v) is 8.71. The zero-order valence-electron chi connectivity index (χ0n) is 30.6. The summed E-state index contributed by atoms with van der Waals surface area (Å²) in [7, 11) is 0. The van der Waals surface area contributed by atoms with E-state index in [1.807, 2.05) is 0 Å². The van der Waals surface area contributed by atoms with Gasteiger partial charge in [-0.3, -0.25) is 9.59 Å². The summed E-state index contributed by atoms with van der Waals surface area (Å²) in [6, 6.07) is 0. The van der Waals surface area contributed by atoms with Crippen molar-refractivity contribution in [2.75, 3.05) is 13.2 Å². The molecule has 1 saturated heterocycles. The highest BCUT2D eigenvalue weighted by atomic mass is 16.6. The zero-order valence-corrected chi connectivity index (χ0v) is 30.6. The molecule has 0 aliphatic carbocycles. The van der Waals surface area contributed by atoms with Crippen molar-refractivity contribution in [1.29, 1.82) is 0 Å². The molecule has 0 unspecified atom stereocenters. The van der Waals surface area contributed by atoms with Crippen molar-refractivity contribution in [2.45, 2.75) is 193 Å². The summed E-state index contributed by atoms with van der Waals surface area (Å²) in [6.07, 6.45) is 45.9. The Labute approximate surface area is 290 Å². The first-order chi connectivity index (χ1) is 23.2. The maximum absolute atomic E-state index is 12.4. The molecule has 47 heavy (non-hydrogen) atoms. The van der Waals surface area contributed by atoms with Gasteiger partial charge < -0.3 is 14.2 Å². The van der Waals surface area contributed by atoms with Crippen molar-refractivity contribution in [1.82, 2.24) is 0 Å². The minimum Gasteiger partial charge on any atom is -0.463 e. The van der Waals surface area contributed by atoms with Gasteiger partial charge in [0.15, 0.2) is 0 Å². The van der Waals surface area contributed by atoms with Gasteiger partial charge in [-0.25, -0.2) is 0 Å². The Morgan fingerprint density at radius 2 is 1.02 bits per heavy atom. The van der Waals surface area contributed by atoms with Crippen LogP contribution in [0.5, 0.6) is 0 Å². The molecule has 0 aromatic rings. The van der Waals surface area contributed by atoms with Gasteiger partial charge in [-0.1, -0.05) is 127 Å². The molecule has 1 rings (SSSR count). The molecule has 1 fully saturated rings. The van der Waals surface area contributed by atoms with Gasteiger partial charge in [-0.05, 0) is 77.0 Å². The SMILES string of the molecule is CCCCC/C=C\C/C=C\CCCCCCCC(=O)OC[C@@H]1C[C@H](OC(=O)CCCCCCC/C=C\C/C=C\CCCCC)CCO1. The van der Waals surface area contributed by atoms with E-state index in [-0.39, 0.29) is 30.8 Å². The Hall–Kier alpha value is -2.14. The van der Waals surface area contributed by atoms with E-state index < -0.39 is 0 Å². The fourth-order valence-electron chi connectivity index (χ4n) is 5.73. The highest BCUT2D eigenvalue weighted by Gasteiger charge is 2.26. The van der Waals surface area contributed by atoms with Crippen molar-refractivity contribution in [3.63, 3.8) is 0 Å². The predicted molar refractivity (Wildman–Crippen MR) is 199 cm³/mol. The maximum atomic E-state index is 12.4. The molecule has 1 heterocycles. The fourth-order valence-corrected chi connectivity index (χ4v) is 5.73. The van der Waals surface area contributed by atoms with Crippen molar-refractivity contribution < 1.29 is 23.8 Å². The van der Waals surface area contributed by atoms with E-state index in [4.69, 9.17) is 14.2 Å². The Balaban J connectivity index is 1.96. The Morgan fingerprint density at radius 3 is 1.53 bits per heavy atom. The molecule has 2 atom stereocenters. The minimum absolute atomic E-state index is 0.111. The van der Waals surface area contributed by atoms with Crippen LogP contribution in [-0.4, -0.2) is 37.4 Å². The molecule has 0 N–H and O–H groups in total. The number of ether oxygens (including phenoxy) is 3. The van der Waals surface area contributed by atoms with Crippen molar-refractivity contribution in [2.24, 2.45) is 0 Å². The molecule has 1 aliphatic heterocycles. The molecule has 0 amide bonds. The lowest BCUT2D eigenvalue weighted by molar-refractivity contribution is -0.163. The van der Waals surface area contributed by atoms with Crippen LogP contribution in [-0.2, 0) is 23.8 Å². The molecule has 0 aromatic carbocycles. The predicted octanol–water partition coefficient (Wildman–Crippen LogP) is 12.2. The summed E-state index contributed by atoms with van der Waals surface area (Å²) in [5.41, 5.74) is 0. The summed E-state index contributed by atoms with van der Waals surface area (Å²) < 4.78 is 17.0. The summed E-state index contributed by atoms with van der Waals surface area (Å²) in [5, 5.41) is 0.